The number of pyridine rings is 2. The monoisotopic (exact) mass is 523 g/mol. The van der Waals surface area contributed by atoms with E-state index in [0.29, 0.717) is 23.6 Å². The maximum atomic E-state index is 14.7. The molecule has 0 atom stereocenters. The molecule has 4 aromatic heterocycles. The number of ether oxygens (including phenoxy) is 1. The van der Waals surface area contributed by atoms with Gasteiger partial charge in [0.2, 0.25) is 0 Å². The van der Waals surface area contributed by atoms with Crippen molar-refractivity contribution < 1.29 is 9.13 Å². The van der Waals surface area contributed by atoms with Crippen LogP contribution in [0.3, 0.4) is 0 Å². The lowest BCUT2D eigenvalue weighted by Crippen LogP contribution is -2.25. The Labute approximate surface area is 225 Å². The summed E-state index contributed by atoms with van der Waals surface area (Å²) in [7, 11) is 0. The minimum absolute atomic E-state index is 0.344. The van der Waals surface area contributed by atoms with E-state index in [0.717, 1.165) is 78.0 Å². The zero-order valence-electron chi connectivity index (χ0n) is 21.6. The Balaban J connectivity index is 1.22. The van der Waals surface area contributed by atoms with Crippen molar-refractivity contribution in [2.75, 3.05) is 39.3 Å². The van der Waals surface area contributed by atoms with Crippen LogP contribution in [0, 0.1) is 5.82 Å². The van der Waals surface area contributed by atoms with Gasteiger partial charge in [-0.25, -0.2) is 4.39 Å². The molecule has 9 heteroatoms. The van der Waals surface area contributed by atoms with E-state index in [4.69, 9.17) is 4.74 Å². The van der Waals surface area contributed by atoms with Crippen molar-refractivity contribution in [1.29, 1.82) is 0 Å². The van der Waals surface area contributed by atoms with E-state index in [1.807, 2.05) is 24.4 Å². The molecule has 0 saturated carbocycles. The molecule has 0 unspecified atom stereocenters. The fraction of sp³-hybridized carbons (Fsp3) is 0.300. The topological polar surface area (TPSA) is 94.8 Å². The summed E-state index contributed by atoms with van der Waals surface area (Å²) in [5.41, 5.74) is 7.05. The van der Waals surface area contributed by atoms with Crippen LogP contribution in [0.25, 0.3) is 50.0 Å². The van der Waals surface area contributed by atoms with E-state index in [2.05, 4.69) is 47.5 Å². The van der Waals surface area contributed by atoms with Crippen LogP contribution in [0.5, 0.6) is 5.75 Å². The summed E-state index contributed by atoms with van der Waals surface area (Å²) in [4.78, 5) is 15.2. The Kier molecular flexibility index (Phi) is 6.30. The number of H-pyrrole nitrogens is 2. The lowest BCUT2D eigenvalue weighted by molar-refractivity contribution is 0.237. The number of halogens is 1. The smallest absolute Gasteiger partial charge is 0.127 e. The summed E-state index contributed by atoms with van der Waals surface area (Å²) >= 11 is 0. The predicted molar refractivity (Wildman–Crippen MR) is 151 cm³/mol. The van der Waals surface area contributed by atoms with Gasteiger partial charge in [0.25, 0.3) is 0 Å². The third-order valence-electron chi connectivity index (χ3n) is 7.66. The largest absolute Gasteiger partial charge is 0.492 e. The summed E-state index contributed by atoms with van der Waals surface area (Å²) in [5.74, 6) is 0.174. The van der Waals surface area contributed by atoms with Crippen LogP contribution in [0.2, 0.25) is 0 Å². The summed E-state index contributed by atoms with van der Waals surface area (Å²) in [6.07, 6.45) is 9.20. The minimum Gasteiger partial charge on any atom is -0.492 e. The Bertz CT molecular complexity index is 1680. The van der Waals surface area contributed by atoms with Crippen LogP contribution in [0.4, 0.5) is 4.39 Å². The molecule has 8 nitrogen and oxygen atoms in total. The molecular weight excluding hydrogens is 493 g/mol. The highest BCUT2D eigenvalue weighted by Crippen LogP contribution is 2.35. The molecule has 39 heavy (non-hydrogen) atoms. The average Bonchev–Trinajstić information content (AvgIpc) is 3.72. The van der Waals surface area contributed by atoms with Crippen LogP contribution in [-0.4, -0.2) is 69.4 Å². The van der Waals surface area contributed by atoms with Crippen molar-refractivity contribution in [3.05, 3.63) is 66.4 Å². The van der Waals surface area contributed by atoms with Crippen molar-refractivity contribution >= 4 is 27.4 Å². The Morgan fingerprint density at radius 2 is 1.87 bits per heavy atom. The molecule has 1 aromatic carbocycles. The molecule has 1 fully saturated rings. The first-order chi connectivity index (χ1) is 19.2. The second-order valence-corrected chi connectivity index (χ2v) is 10.2. The van der Waals surface area contributed by atoms with Gasteiger partial charge in [-0.15, -0.1) is 0 Å². The lowest BCUT2D eigenvalue weighted by Gasteiger charge is -2.15. The molecule has 0 spiro atoms. The zero-order valence-corrected chi connectivity index (χ0v) is 21.6. The third kappa shape index (κ3) is 4.79. The third-order valence-corrected chi connectivity index (χ3v) is 7.66. The van der Waals surface area contributed by atoms with Gasteiger partial charge in [-0.3, -0.25) is 20.0 Å². The molecule has 1 saturated heterocycles. The fourth-order valence-electron chi connectivity index (χ4n) is 5.65. The van der Waals surface area contributed by atoms with Gasteiger partial charge in [0.05, 0.1) is 28.8 Å². The van der Waals surface area contributed by atoms with Crippen LogP contribution in [-0.2, 0) is 0 Å². The van der Waals surface area contributed by atoms with E-state index in [-0.39, 0.29) is 5.82 Å². The van der Waals surface area contributed by atoms with Crippen molar-refractivity contribution in [1.82, 2.24) is 35.4 Å². The van der Waals surface area contributed by atoms with Crippen molar-refractivity contribution in [3.8, 4) is 28.4 Å². The van der Waals surface area contributed by atoms with E-state index in [1.165, 1.54) is 30.5 Å². The van der Waals surface area contributed by atoms with Gasteiger partial charge < -0.3 is 15.0 Å². The molecule has 2 aliphatic heterocycles. The van der Waals surface area contributed by atoms with E-state index in [9.17, 15) is 4.39 Å². The maximum Gasteiger partial charge on any atom is 0.127 e. The molecule has 5 aromatic rings. The standard InChI is InChI=1S/C30H30FN7O/c31-21-13-20(14-22(15-21)39-12-11-38-9-1-2-10-38)29-23-17-27(35-25(23)5-8-33-29)30-24-16-26(19-3-6-32-7-4-19)34-18-28(24)36-37-30/h3,5,8,13-18,32,35H,1-2,4,6-7,9-12H2,(H,36,37). The maximum absolute atomic E-state index is 14.7. The number of likely N-dealkylation sites (tertiary alicyclic amines) is 1. The molecule has 2 aliphatic rings. The Morgan fingerprint density at radius 1 is 0.974 bits per heavy atom. The van der Waals surface area contributed by atoms with Crippen molar-refractivity contribution in [2.24, 2.45) is 0 Å². The molecule has 198 valence electrons. The number of hydrogen-bond donors (Lipinski definition) is 3. The first-order valence-electron chi connectivity index (χ1n) is 13.6. The second-order valence-electron chi connectivity index (χ2n) is 10.2. The Morgan fingerprint density at radius 3 is 2.74 bits per heavy atom. The highest BCUT2D eigenvalue weighted by atomic mass is 19.1. The first-order valence-corrected chi connectivity index (χ1v) is 13.6. The van der Waals surface area contributed by atoms with Crippen LogP contribution < -0.4 is 10.1 Å². The van der Waals surface area contributed by atoms with Gasteiger partial charge in [0, 0.05) is 47.2 Å². The van der Waals surface area contributed by atoms with Crippen LogP contribution >= 0.6 is 0 Å². The normalized spacial score (nSPS) is 16.3. The van der Waals surface area contributed by atoms with Crippen LogP contribution in [0.1, 0.15) is 25.0 Å². The van der Waals surface area contributed by atoms with Crippen molar-refractivity contribution in [3.63, 3.8) is 0 Å². The molecule has 0 aliphatic carbocycles. The summed E-state index contributed by atoms with van der Waals surface area (Å²) in [5, 5.41) is 13.0. The Hall–Kier alpha value is -4.08. The quantitative estimate of drug-likeness (QED) is 0.273. The summed E-state index contributed by atoms with van der Waals surface area (Å²) < 4.78 is 20.6. The number of nitrogens with one attached hydrogen (secondary N) is 3. The van der Waals surface area contributed by atoms with Gasteiger partial charge in [0.15, 0.2) is 0 Å². The predicted octanol–water partition coefficient (Wildman–Crippen LogP) is 5.16. The molecular formula is C30H30FN7O. The van der Waals surface area contributed by atoms with Gasteiger partial charge in [-0.1, -0.05) is 6.08 Å². The number of rotatable bonds is 7. The average molecular weight is 524 g/mol. The van der Waals surface area contributed by atoms with Crippen molar-refractivity contribution in [2.45, 2.75) is 19.3 Å². The number of aromatic nitrogens is 5. The molecule has 0 bridgehead atoms. The second kappa shape index (κ2) is 10.2. The van der Waals surface area contributed by atoms with Gasteiger partial charge in [-0.05, 0) is 74.8 Å². The summed E-state index contributed by atoms with van der Waals surface area (Å²) in [6, 6.07) is 10.9. The molecule has 7 rings (SSSR count). The molecule has 6 heterocycles. The molecule has 0 amide bonds. The number of hydrogen-bond acceptors (Lipinski definition) is 6. The van der Waals surface area contributed by atoms with Gasteiger partial charge in [0.1, 0.15) is 23.9 Å². The molecule has 0 radical (unpaired) electrons. The fourth-order valence-corrected chi connectivity index (χ4v) is 5.65. The number of fused-ring (bicyclic) bond motifs is 2. The van der Waals surface area contributed by atoms with E-state index >= 15 is 0 Å². The number of benzene rings is 1. The zero-order chi connectivity index (χ0) is 26.2. The van der Waals surface area contributed by atoms with Gasteiger partial charge >= 0.3 is 0 Å². The van der Waals surface area contributed by atoms with E-state index in [1.54, 1.807) is 6.20 Å². The number of nitrogens with zero attached hydrogens (tertiary/aromatic N) is 4. The highest BCUT2D eigenvalue weighted by molar-refractivity contribution is 6.00. The minimum atomic E-state index is -0.344. The summed E-state index contributed by atoms with van der Waals surface area (Å²) in [6.45, 7) is 5.41. The highest BCUT2D eigenvalue weighted by Gasteiger charge is 2.17. The van der Waals surface area contributed by atoms with Crippen LogP contribution in [0.15, 0.2) is 54.9 Å². The number of aromatic amines is 2. The lowest BCUT2D eigenvalue weighted by atomic mass is 10.0. The first kappa shape index (κ1) is 24.0. The van der Waals surface area contributed by atoms with E-state index < -0.39 is 0 Å². The molecule has 3 N–H and O–H groups in total. The van der Waals surface area contributed by atoms with Gasteiger partial charge in [-0.2, -0.15) is 5.10 Å². The SMILES string of the molecule is Fc1cc(OCCN2CCCC2)cc(-c2nccc3[nH]c(-c4n[nH]c5cnc(C6=CCNCC6)cc45)cc23)c1.